The number of halogens is 1. The zero-order valence-corrected chi connectivity index (χ0v) is 6.78. The Kier molecular flexibility index (Phi) is 2.23. The van der Waals surface area contributed by atoms with Gasteiger partial charge >= 0.3 is 0 Å². The highest BCUT2D eigenvalue weighted by Crippen LogP contribution is 2.41. The van der Waals surface area contributed by atoms with Crippen molar-refractivity contribution in [2.24, 2.45) is 0 Å². The largest absolute Gasteiger partial charge is 0.393 e. The molecule has 1 atom stereocenters. The predicted octanol–water partition coefficient (Wildman–Crippen LogP) is 0.685. The van der Waals surface area contributed by atoms with E-state index in [4.69, 9.17) is 0 Å². The van der Waals surface area contributed by atoms with E-state index in [9.17, 15) is 5.11 Å². The van der Waals surface area contributed by atoms with E-state index in [0.717, 1.165) is 19.4 Å². The van der Waals surface area contributed by atoms with Gasteiger partial charge < -0.3 is 10.4 Å². The number of nitrogens with one attached hydrogen (secondary N) is 1. The molecule has 0 radical (unpaired) electrons. The van der Waals surface area contributed by atoms with Gasteiger partial charge in [-0.15, -0.1) is 12.4 Å². The average Bonchev–Trinajstić information content (AvgIpc) is 2.49. The smallest absolute Gasteiger partial charge is 0.0569 e. The number of aliphatic hydroxyl groups is 1. The third kappa shape index (κ3) is 1.44. The lowest BCUT2D eigenvalue weighted by molar-refractivity contribution is 0.110. The second kappa shape index (κ2) is 2.68. The molecule has 1 aliphatic heterocycles. The molecule has 2 N–H and O–H groups in total. The van der Waals surface area contributed by atoms with Crippen LogP contribution >= 0.6 is 12.4 Å². The van der Waals surface area contributed by atoms with Crippen LogP contribution in [-0.4, -0.2) is 23.3 Å². The van der Waals surface area contributed by atoms with Crippen molar-refractivity contribution in [3.05, 3.63) is 0 Å². The molecule has 3 heteroatoms. The van der Waals surface area contributed by atoms with Crippen molar-refractivity contribution in [1.82, 2.24) is 5.32 Å². The number of hydrogen-bond acceptors (Lipinski definition) is 2. The lowest BCUT2D eigenvalue weighted by Gasteiger charge is -2.26. The minimum atomic E-state index is -0.0197. The molecule has 2 rings (SSSR count). The molecule has 1 heterocycles. The molecule has 0 aromatic rings. The fraction of sp³-hybridized carbons (Fsp3) is 1.00. The van der Waals surface area contributed by atoms with Crippen LogP contribution in [-0.2, 0) is 0 Å². The molecule has 0 aromatic carbocycles. The first-order valence-corrected chi connectivity index (χ1v) is 3.74. The van der Waals surface area contributed by atoms with E-state index in [1.807, 2.05) is 0 Å². The van der Waals surface area contributed by atoms with Crippen LogP contribution in [0.4, 0.5) is 0 Å². The number of piperidine rings is 1. The highest BCUT2D eigenvalue weighted by atomic mass is 35.5. The van der Waals surface area contributed by atoms with Gasteiger partial charge in [0, 0.05) is 5.54 Å². The van der Waals surface area contributed by atoms with Crippen molar-refractivity contribution in [2.45, 2.75) is 37.3 Å². The Morgan fingerprint density at radius 1 is 1.40 bits per heavy atom. The zero-order valence-electron chi connectivity index (χ0n) is 5.97. The van der Waals surface area contributed by atoms with E-state index in [2.05, 4.69) is 5.32 Å². The van der Waals surface area contributed by atoms with Gasteiger partial charge in [0.15, 0.2) is 0 Å². The van der Waals surface area contributed by atoms with Crippen LogP contribution in [0, 0.1) is 0 Å². The Morgan fingerprint density at radius 3 is 2.50 bits per heavy atom. The van der Waals surface area contributed by atoms with E-state index in [-0.39, 0.29) is 18.5 Å². The molecule has 0 bridgehead atoms. The molecule has 1 saturated heterocycles. The molecule has 2 fully saturated rings. The van der Waals surface area contributed by atoms with Crippen molar-refractivity contribution >= 4 is 12.4 Å². The van der Waals surface area contributed by atoms with Gasteiger partial charge in [-0.25, -0.2) is 0 Å². The molecule has 0 amide bonds. The Balaban J connectivity index is 0.000000500. The number of aliphatic hydroxyl groups excluding tert-OH is 1. The van der Waals surface area contributed by atoms with Crippen LogP contribution in [0.1, 0.15) is 25.7 Å². The number of rotatable bonds is 0. The summed E-state index contributed by atoms with van der Waals surface area (Å²) in [6.45, 7) is 1.02. The maximum Gasteiger partial charge on any atom is 0.0569 e. The van der Waals surface area contributed by atoms with Gasteiger partial charge in [-0.05, 0) is 32.2 Å². The lowest BCUT2D eigenvalue weighted by atomic mass is 10.0. The summed E-state index contributed by atoms with van der Waals surface area (Å²) in [6, 6.07) is 0. The van der Waals surface area contributed by atoms with Crippen LogP contribution in [0.3, 0.4) is 0 Å². The summed E-state index contributed by atoms with van der Waals surface area (Å²) in [6.07, 6.45) is 4.48. The van der Waals surface area contributed by atoms with Gasteiger partial charge in [-0.1, -0.05) is 0 Å². The second-order valence-corrected chi connectivity index (χ2v) is 3.35. The van der Waals surface area contributed by atoms with Crippen LogP contribution in [0.5, 0.6) is 0 Å². The molecule has 1 unspecified atom stereocenters. The van der Waals surface area contributed by atoms with Gasteiger partial charge in [0.25, 0.3) is 0 Å². The highest BCUT2D eigenvalue weighted by molar-refractivity contribution is 5.85. The Bertz CT molecular complexity index is 125. The van der Waals surface area contributed by atoms with E-state index < -0.39 is 0 Å². The molecule has 1 saturated carbocycles. The standard InChI is InChI=1S/C7H13NO.ClH/c9-6-1-4-8-7(5-6)2-3-7;/h6,8-9H,1-5H2;1H. The highest BCUT2D eigenvalue weighted by Gasteiger charge is 2.45. The van der Waals surface area contributed by atoms with Gasteiger partial charge in [0.05, 0.1) is 6.10 Å². The summed E-state index contributed by atoms with van der Waals surface area (Å²) in [5, 5.41) is 12.7. The normalized spacial score (nSPS) is 35.1. The second-order valence-electron chi connectivity index (χ2n) is 3.35. The molecule has 60 valence electrons. The Hall–Kier alpha value is 0.210. The molecule has 10 heavy (non-hydrogen) atoms. The summed E-state index contributed by atoms with van der Waals surface area (Å²) in [5.74, 6) is 0. The molecule has 1 spiro atoms. The van der Waals surface area contributed by atoms with Crippen molar-refractivity contribution in [2.75, 3.05) is 6.54 Å². The molecular formula is C7H14ClNO. The first kappa shape index (κ1) is 8.31. The minimum absolute atomic E-state index is 0. The Labute approximate surface area is 67.4 Å². The first-order chi connectivity index (χ1) is 4.31. The van der Waals surface area contributed by atoms with E-state index in [1.54, 1.807) is 0 Å². The van der Waals surface area contributed by atoms with Crippen LogP contribution in [0.2, 0.25) is 0 Å². The average molecular weight is 164 g/mol. The SMILES string of the molecule is Cl.OC1CCNC2(CC2)C1. The minimum Gasteiger partial charge on any atom is -0.393 e. The number of hydrogen-bond donors (Lipinski definition) is 2. The molecular weight excluding hydrogens is 150 g/mol. The lowest BCUT2D eigenvalue weighted by Crippen LogP contribution is -2.42. The molecule has 2 nitrogen and oxygen atoms in total. The topological polar surface area (TPSA) is 32.3 Å². The van der Waals surface area contributed by atoms with Gasteiger partial charge in [-0.2, -0.15) is 0 Å². The molecule has 0 aromatic heterocycles. The fourth-order valence-electron chi connectivity index (χ4n) is 1.66. The summed E-state index contributed by atoms with van der Waals surface area (Å²) in [7, 11) is 0. The van der Waals surface area contributed by atoms with Crippen LogP contribution in [0.15, 0.2) is 0 Å². The van der Waals surface area contributed by atoms with Crippen molar-refractivity contribution in [3.8, 4) is 0 Å². The summed E-state index contributed by atoms with van der Waals surface area (Å²) >= 11 is 0. The summed E-state index contributed by atoms with van der Waals surface area (Å²) in [4.78, 5) is 0. The van der Waals surface area contributed by atoms with Gasteiger partial charge in [-0.3, -0.25) is 0 Å². The van der Waals surface area contributed by atoms with Crippen molar-refractivity contribution < 1.29 is 5.11 Å². The summed E-state index contributed by atoms with van der Waals surface area (Å²) < 4.78 is 0. The van der Waals surface area contributed by atoms with Crippen molar-refractivity contribution in [3.63, 3.8) is 0 Å². The Morgan fingerprint density at radius 2 is 2.10 bits per heavy atom. The van der Waals surface area contributed by atoms with Crippen LogP contribution in [0.25, 0.3) is 0 Å². The van der Waals surface area contributed by atoms with E-state index in [1.165, 1.54) is 12.8 Å². The zero-order chi connectivity index (χ0) is 6.32. The maximum absolute atomic E-state index is 9.24. The molecule has 2 aliphatic rings. The predicted molar refractivity (Wildman–Crippen MR) is 42.5 cm³/mol. The van der Waals surface area contributed by atoms with Gasteiger partial charge in [0.2, 0.25) is 0 Å². The molecule has 1 aliphatic carbocycles. The first-order valence-electron chi connectivity index (χ1n) is 3.74. The van der Waals surface area contributed by atoms with Crippen molar-refractivity contribution in [1.29, 1.82) is 0 Å². The monoisotopic (exact) mass is 163 g/mol. The third-order valence-corrected chi connectivity index (χ3v) is 2.46. The quantitative estimate of drug-likeness (QED) is 0.551. The summed E-state index contributed by atoms with van der Waals surface area (Å²) in [5.41, 5.74) is 0.400. The van der Waals surface area contributed by atoms with Gasteiger partial charge in [0.1, 0.15) is 0 Å². The van der Waals surface area contributed by atoms with E-state index >= 15 is 0 Å². The maximum atomic E-state index is 9.24. The third-order valence-electron chi connectivity index (χ3n) is 2.46. The van der Waals surface area contributed by atoms with Crippen LogP contribution < -0.4 is 5.32 Å². The fourth-order valence-corrected chi connectivity index (χ4v) is 1.66. The van der Waals surface area contributed by atoms with E-state index in [0.29, 0.717) is 5.54 Å².